The van der Waals surface area contributed by atoms with Crippen molar-refractivity contribution in [3.05, 3.63) is 23.8 Å². The number of nitrogens with one attached hydrogen (secondary N) is 1. The number of anilines is 2. The third-order valence-electron chi connectivity index (χ3n) is 4.23. The van der Waals surface area contributed by atoms with Gasteiger partial charge in [0.2, 0.25) is 0 Å². The van der Waals surface area contributed by atoms with Gasteiger partial charge in [-0.25, -0.2) is 0 Å². The molecule has 19 heavy (non-hydrogen) atoms. The lowest BCUT2D eigenvalue weighted by Gasteiger charge is -2.28. The van der Waals surface area contributed by atoms with Gasteiger partial charge >= 0.3 is 0 Å². The van der Waals surface area contributed by atoms with Crippen molar-refractivity contribution < 1.29 is 4.74 Å². The second kappa shape index (κ2) is 5.83. The number of likely N-dealkylation sites (N-methyl/N-ethyl adjacent to an activating group) is 1. The first kappa shape index (κ1) is 12.8. The molecule has 104 valence electrons. The number of hydrogen-bond acceptors (Lipinski definition) is 3. The van der Waals surface area contributed by atoms with Gasteiger partial charge in [0.15, 0.2) is 0 Å². The van der Waals surface area contributed by atoms with Crippen LogP contribution in [-0.4, -0.2) is 32.3 Å². The lowest BCUT2D eigenvalue weighted by molar-refractivity contribution is 0.115. The maximum atomic E-state index is 5.76. The molecular formula is C16H24N2O. The second-order valence-corrected chi connectivity index (χ2v) is 5.55. The SMILES string of the molecule is CCN(CC1CCCO1)c1ccc2c(c1)NCCC2. The van der Waals surface area contributed by atoms with Crippen LogP contribution in [0.4, 0.5) is 11.4 Å². The number of rotatable bonds is 4. The molecule has 1 aromatic rings. The minimum Gasteiger partial charge on any atom is -0.385 e. The van der Waals surface area contributed by atoms with E-state index < -0.39 is 0 Å². The number of hydrogen-bond donors (Lipinski definition) is 1. The van der Waals surface area contributed by atoms with Crippen LogP contribution in [-0.2, 0) is 11.2 Å². The van der Waals surface area contributed by atoms with Crippen LogP contribution in [0.1, 0.15) is 31.7 Å². The Hall–Kier alpha value is -1.22. The van der Waals surface area contributed by atoms with Crippen molar-refractivity contribution in [2.75, 3.05) is 36.5 Å². The highest BCUT2D eigenvalue weighted by molar-refractivity contribution is 5.63. The fourth-order valence-electron chi connectivity index (χ4n) is 3.10. The Kier molecular flexibility index (Phi) is 3.92. The Bertz CT molecular complexity index is 427. The number of ether oxygens (including phenoxy) is 1. The standard InChI is InChI=1S/C16H24N2O/c1-2-18(12-15-6-4-10-19-15)14-8-7-13-5-3-9-17-16(13)11-14/h7-8,11,15,17H,2-6,9-10,12H2,1H3. The largest absolute Gasteiger partial charge is 0.385 e. The van der Waals surface area contributed by atoms with E-state index in [1.165, 1.54) is 42.6 Å². The minimum atomic E-state index is 0.420. The van der Waals surface area contributed by atoms with Crippen molar-refractivity contribution in [1.82, 2.24) is 0 Å². The Labute approximate surface area is 115 Å². The molecule has 0 amide bonds. The molecule has 0 spiro atoms. The molecule has 2 aliphatic rings. The summed E-state index contributed by atoms with van der Waals surface area (Å²) in [4.78, 5) is 2.44. The van der Waals surface area contributed by atoms with E-state index in [4.69, 9.17) is 4.74 Å². The topological polar surface area (TPSA) is 24.5 Å². The zero-order valence-corrected chi connectivity index (χ0v) is 11.8. The van der Waals surface area contributed by atoms with Gasteiger partial charge in [-0.05, 0) is 50.3 Å². The van der Waals surface area contributed by atoms with Crippen LogP contribution in [0.25, 0.3) is 0 Å². The van der Waals surface area contributed by atoms with E-state index in [9.17, 15) is 0 Å². The van der Waals surface area contributed by atoms with E-state index >= 15 is 0 Å². The zero-order valence-electron chi connectivity index (χ0n) is 11.8. The molecule has 2 heterocycles. The van der Waals surface area contributed by atoms with Gasteiger partial charge < -0.3 is 15.0 Å². The lowest BCUT2D eigenvalue weighted by Crippen LogP contribution is -2.32. The predicted octanol–water partition coefficient (Wildman–Crippen LogP) is 3.05. The second-order valence-electron chi connectivity index (χ2n) is 5.55. The van der Waals surface area contributed by atoms with Crippen LogP contribution in [0.15, 0.2) is 18.2 Å². The minimum absolute atomic E-state index is 0.420. The van der Waals surface area contributed by atoms with E-state index in [0.717, 1.165) is 26.2 Å². The van der Waals surface area contributed by atoms with E-state index in [2.05, 4.69) is 35.3 Å². The van der Waals surface area contributed by atoms with Crippen LogP contribution in [0.5, 0.6) is 0 Å². The number of nitrogens with zero attached hydrogens (tertiary/aromatic N) is 1. The quantitative estimate of drug-likeness (QED) is 0.900. The lowest BCUT2D eigenvalue weighted by atomic mass is 10.0. The van der Waals surface area contributed by atoms with E-state index in [1.807, 2.05) is 0 Å². The highest BCUT2D eigenvalue weighted by atomic mass is 16.5. The first-order valence-corrected chi connectivity index (χ1v) is 7.60. The first-order chi connectivity index (χ1) is 9.36. The maximum absolute atomic E-state index is 5.76. The van der Waals surface area contributed by atoms with E-state index in [-0.39, 0.29) is 0 Å². The molecule has 3 rings (SSSR count). The van der Waals surface area contributed by atoms with Gasteiger partial charge in [0.05, 0.1) is 6.10 Å². The summed E-state index contributed by atoms with van der Waals surface area (Å²) >= 11 is 0. The molecule has 1 aromatic carbocycles. The number of fused-ring (bicyclic) bond motifs is 1. The van der Waals surface area contributed by atoms with Crippen LogP contribution in [0.2, 0.25) is 0 Å². The first-order valence-electron chi connectivity index (χ1n) is 7.60. The maximum Gasteiger partial charge on any atom is 0.0750 e. The fraction of sp³-hybridized carbons (Fsp3) is 0.625. The van der Waals surface area contributed by atoms with Crippen molar-refractivity contribution in [3.8, 4) is 0 Å². The molecule has 1 N–H and O–H groups in total. The van der Waals surface area contributed by atoms with E-state index in [1.54, 1.807) is 0 Å². The summed E-state index contributed by atoms with van der Waals surface area (Å²) in [5, 5.41) is 3.52. The third-order valence-corrected chi connectivity index (χ3v) is 4.23. The van der Waals surface area contributed by atoms with Gasteiger partial charge in [-0.3, -0.25) is 0 Å². The van der Waals surface area contributed by atoms with Crippen LogP contribution in [0.3, 0.4) is 0 Å². The van der Waals surface area contributed by atoms with Crippen molar-refractivity contribution in [1.29, 1.82) is 0 Å². The normalized spacial score (nSPS) is 21.8. The third kappa shape index (κ3) is 2.86. The summed E-state index contributed by atoms with van der Waals surface area (Å²) in [7, 11) is 0. The molecule has 0 saturated carbocycles. The Morgan fingerprint density at radius 1 is 1.37 bits per heavy atom. The molecule has 2 aliphatic heterocycles. The Morgan fingerprint density at radius 3 is 3.11 bits per heavy atom. The Balaban J connectivity index is 1.74. The van der Waals surface area contributed by atoms with E-state index in [0.29, 0.717) is 6.10 Å². The van der Waals surface area contributed by atoms with Gasteiger partial charge in [-0.15, -0.1) is 0 Å². The number of benzene rings is 1. The summed E-state index contributed by atoms with van der Waals surface area (Å²) in [6.45, 7) is 6.33. The summed E-state index contributed by atoms with van der Waals surface area (Å²) < 4.78 is 5.76. The fourth-order valence-corrected chi connectivity index (χ4v) is 3.10. The summed E-state index contributed by atoms with van der Waals surface area (Å²) in [5.41, 5.74) is 4.11. The molecule has 0 bridgehead atoms. The molecule has 0 radical (unpaired) electrons. The molecule has 3 heteroatoms. The van der Waals surface area contributed by atoms with Gasteiger partial charge in [0.25, 0.3) is 0 Å². The summed E-state index contributed by atoms with van der Waals surface area (Å²) in [6, 6.07) is 6.87. The van der Waals surface area contributed by atoms with Crippen LogP contribution >= 0.6 is 0 Å². The van der Waals surface area contributed by atoms with Crippen molar-refractivity contribution >= 4 is 11.4 Å². The van der Waals surface area contributed by atoms with Crippen LogP contribution < -0.4 is 10.2 Å². The molecule has 1 fully saturated rings. The molecule has 1 atom stereocenters. The molecule has 0 aliphatic carbocycles. The van der Waals surface area contributed by atoms with Gasteiger partial charge in [-0.1, -0.05) is 6.07 Å². The Morgan fingerprint density at radius 2 is 2.32 bits per heavy atom. The molecule has 0 aromatic heterocycles. The predicted molar refractivity (Wildman–Crippen MR) is 80.1 cm³/mol. The highest BCUT2D eigenvalue weighted by Gasteiger charge is 2.19. The molecule has 1 unspecified atom stereocenters. The van der Waals surface area contributed by atoms with Crippen molar-refractivity contribution in [3.63, 3.8) is 0 Å². The van der Waals surface area contributed by atoms with Crippen molar-refractivity contribution in [2.45, 2.75) is 38.7 Å². The van der Waals surface area contributed by atoms with Gasteiger partial charge in [-0.2, -0.15) is 0 Å². The van der Waals surface area contributed by atoms with Gasteiger partial charge in [0.1, 0.15) is 0 Å². The molecular weight excluding hydrogens is 236 g/mol. The van der Waals surface area contributed by atoms with Crippen molar-refractivity contribution in [2.24, 2.45) is 0 Å². The van der Waals surface area contributed by atoms with Crippen LogP contribution in [0, 0.1) is 0 Å². The monoisotopic (exact) mass is 260 g/mol. The zero-order chi connectivity index (χ0) is 13.1. The number of aryl methyl sites for hydroxylation is 1. The molecule has 3 nitrogen and oxygen atoms in total. The van der Waals surface area contributed by atoms with Gasteiger partial charge in [0, 0.05) is 37.6 Å². The smallest absolute Gasteiger partial charge is 0.0750 e. The highest BCUT2D eigenvalue weighted by Crippen LogP contribution is 2.28. The summed E-state index contributed by atoms with van der Waals surface area (Å²) in [6.07, 6.45) is 5.30. The molecule has 1 saturated heterocycles. The summed E-state index contributed by atoms with van der Waals surface area (Å²) in [5.74, 6) is 0. The average molecular weight is 260 g/mol. The average Bonchev–Trinajstić information content (AvgIpc) is 2.97.